The molecule has 0 bridgehead atoms. The van der Waals surface area contributed by atoms with E-state index in [1.54, 1.807) is 0 Å². The van der Waals surface area contributed by atoms with Crippen LogP contribution in [0.1, 0.15) is 5.56 Å². The Balaban J connectivity index is 2.08. The number of nitrogens with one attached hydrogen (secondary N) is 1. The second kappa shape index (κ2) is 6.03. The first-order valence-corrected chi connectivity index (χ1v) is 6.47. The van der Waals surface area contributed by atoms with E-state index in [0.717, 1.165) is 26.1 Å². The Kier molecular flexibility index (Phi) is 4.40. The molecule has 1 fully saturated rings. The summed E-state index contributed by atoms with van der Waals surface area (Å²) in [6.07, 6.45) is 1.11. The van der Waals surface area contributed by atoms with E-state index >= 15 is 0 Å². The zero-order valence-electron chi connectivity index (χ0n) is 10.9. The van der Waals surface area contributed by atoms with E-state index in [4.69, 9.17) is 0 Å². The zero-order chi connectivity index (χ0) is 12.1. The first-order valence-electron chi connectivity index (χ1n) is 6.47. The Morgan fingerprint density at radius 1 is 1.12 bits per heavy atom. The van der Waals surface area contributed by atoms with Crippen LogP contribution in [0.2, 0.25) is 0 Å². The quantitative estimate of drug-likeness (QED) is 0.843. The van der Waals surface area contributed by atoms with Crippen LogP contribution >= 0.6 is 0 Å². The van der Waals surface area contributed by atoms with Crippen LogP contribution in [0.5, 0.6) is 0 Å². The van der Waals surface area contributed by atoms with Crippen LogP contribution in [0.3, 0.4) is 0 Å². The molecule has 0 unspecified atom stereocenters. The van der Waals surface area contributed by atoms with Crippen molar-refractivity contribution in [2.24, 2.45) is 0 Å². The van der Waals surface area contributed by atoms with Gasteiger partial charge in [0.05, 0.1) is 0 Å². The van der Waals surface area contributed by atoms with Crippen LogP contribution in [0, 0.1) is 0 Å². The van der Waals surface area contributed by atoms with Gasteiger partial charge in [-0.25, -0.2) is 0 Å². The molecule has 0 amide bonds. The van der Waals surface area contributed by atoms with E-state index in [1.807, 2.05) is 7.05 Å². The van der Waals surface area contributed by atoms with Gasteiger partial charge in [-0.1, -0.05) is 18.2 Å². The molecule has 1 saturated heterocycles. The topological polar surface area (TPSA) is 18.5 Å². The van der Waals surface area contributed by atoms with E-state index < -0.39 is 0 Å². The fourth-order valence-electron chi connectivity index (χ4n) is 2.34. The molecule has 0 radical (unpaired) electrons. The van der Waals surface area contributed by atoms with E-state index in [9.17, 15) is 0 Å². The number of hydrogen-bond acceptors (Lipinski definition) is 3. The molecule has 0 atom stereocenters. The number of anilines is 1. The number of benzene rings is 1. The molecule has 1 aliphatic heterocycles. The summed E-state index contributed by atoms with van der Waals surface area (Å²) in [4.78, 5) is 4.91. The molecule has 2 rings (SSSR count). The predicted octanol–water partition coefficient (Wildman–Crippen LogP) is 1.20. The lowest BCUT2D eigenvalue weighted by Gasteiger charge is -2.35. The van der Waals surface area contributed by atoms with Crippen LogP contribution < -0.4 is 10.2 Å². The van der Waals surface area contributed by atoms with Gasteiger partial charge in [0, 0.05) is 31.9 Å². The standard InChI is InChI=1S/C14H23N3/c1-15-8-7-13-5-3-4-6-14(13)17-11-9-16(2)10-12-17/h3-6,15H,7-12H2,1-2H3. The molecule has 1 aliphatic rings. The molecule has 17 heavy (non-hydrogen) atoms. The van der Waals surface area contributed by atoms with Crippen molar-refractivity contribution in [1.29, 1.82) is 0 Å². The summed E-state index contributed by atoms with van der Waals surface area (Å²) in [7, 11) is 4.21. The van der Waals surface area contributed by atoms with Crippen molar-refractivity contribution >= 4 is 5.69 Å². The van der Waals surface area contributed by atoms with Gasteiger partial charge in [-0.15, -0.1) is 0 Å². The van der Waals surface area contributed by atoms with Crippen molar-refractivity contribution in [3.63, 3.8) is 0 Å². The van der Waals surface area contributed by atoms with E-state index in [0.29, 0.717) is 0 Å². The Morgan fingerprint density at radius 2 is 1.82 bits per heavy atom. The Bertz CT molecular complexity index is 343. The monoisotopic (exact) mass is 233 g/mol. The number of rotatable bonds is 4. The molecule has 0 aliphatic carbocycles. The highest BCUT2D eigenvalue weighted by molar-refractivity contribution is 5.54. The molecule has 94 valence electrons. The summed E-state index contributed by atoms with van der Waals surface area (Å²) in [5, 5.41) is 3.23. The number of likely N-dealkylation sites (N-methyl/N-ethyl adjacent to an activating group) is 2. The fourth-order valence-corrected chi connectivity index (χ4v) is 2.34. The normalized spacial score (nSPS) is 17.4. The van der Waals surface area contributed by atoms with Gasteiger partial charge >= 0.3 is 0 Å². The molecular formula is C14H23N3. The minimum Gasteiger partial charge on any atom is -0.369 e. The smallest absolute Gasteiger partial charge is 0.0400 e. The zero-order valence-corrected chi connectivity index (χ0v) is 10.9. The minimum absolute atomic E-state index is 1.05. The van der Waals surface area contributed by atoms with Crippen molar-refractivity contribution in [1.82, 2.24) is 10.2 Å². The van der Waals surface area contributed by atoms with Gasteiger partial charge in [0.1, 0.15) is 0 Å². The highest BCUT2D eigenvalue weighted by Gasteiger charge is 2.16. The second-order valence-electron chi connectivity index (χ2n) is 4.77. The first-order chi connectivity index (χ1) is 8.31. The maximum atomic E-state index is 3.23. The van der Waals surface area contributed by atoms with Gasteiger partial charge in [-0.3, -0.25) is 0 Å². The fraction of sp³-hybridized carbons (Fsp3) is 0.571. The third-order valence-electron chi connectivity index (χ3n) is 3.48. The molecule has 0 spiro atoms. The van der Waals surface area contributed by atoms with E-state index in [2.05, 4.69) is 46.4 Å². The third-order valence-corrected chi connectivity index (χ3v) is 3.48. The van der Waals surface area contributed by atoms with Crippen molar-refractivity contribution in [3.05, 3.63) is 29.8 Å². The lowest BCUT2D eigenvalue weighted by molar-refractivity contribution is 0.312. The number of nitrogens with zero attached hydrogens (tertiary/aromatic N) is 2. The highest BCUT2D eigenvalue weighted by Crippen LogP contribution is 2.21. The highest BCUT2D eigenvalue weighted by atomic mass is 15.2. The van der Waals surface area contributed by atoms with Crippen molar-refractivity contribution in [2.75, 3.05) is 51.7 Å². The lowest BCUT2D eigenvalue weighted by atomic mass is 10.1. The summed E-state index contributed by atoms with van der Waals surface area (Å²) < 4.78 is 0. The van der Waals surface area contributed by atoms with Crippen molar-refractivity contribution in [3.8, 4) is 0 Å². The summed E-state index contributed by atoms with van der Waals surface area (Å²) in [6, 6.07) is 8.81. The SMILES string of the molecule is CNCCc1ccccc1N1CCN(C)CC1. The van der Waals surface area contributed by atoms with Gasteiger partial charge in [0.2, 0.25) is 0 Å². The molecule has 1 aromatic rings. The summed E-state index contributed by atoms with van der Waals surface area (Å²) in [5.41, 5.74) is 2.89. The van der Waals surface area contributed by atoms with Crippen LogP contribution in [-0.2, 0) is 6.42 Å². The summed E-state index contributed by atoms with van der Waals surface area (Å²) in [5.74, 6) is 0. The Labute approximate surface area is 104 Å². The number of piperazine rings is 1. The van der Waals surface area contributed by atoms with Crippen molar-refractivity contribution in [2.45, 2.75) is 6.42 Å². The second-order valence-corrected chi connectivity index (χ2v) is 4.77. The van der Waals surface area contributed by atoms with Crippen molar-refractivity contribution < 1.29 is 0 Å². The van der Waals surface area contributed by atoms with Crippen LogP contribution in [0.4, 0.5) is 5.69 Å². The van der Waals surface area contributed by atoms with Crippen LogP contribution in [0.15, 0.2) is 24.3 Å². The average molecular weight is 233 g/mol. The van der Waals surface area contributed by atoms with Gasteiger partial charge in [0.15, 0.2) is 0 Å². The predicted molar refractivity (Wildman–Crippen MR) is 73.8 cm³/mol. The molecule has 3 heteroatoms. The Morgan fingerprint density at radius 3 is 2.53 bits per heavy atom. The van der Waals surface area contributed by atoms with Gasteiger partial charge < -0.3 is 15.1 Å². The molecule has 1 heterocycles. The van der Waals surface area contributed by atoms with E-state index in [-0.39, 0.29) is 0 Å². The third kappa shape index (κ3) is 3.20. The molecule has 0 aromatic heterocycles. The molecular weight excluding hydrogens is 210 g/mol. The largest absolute Gasteiger partial charge is 0.369 e. The van der Waals surface area contributed by atoms with E-state index in [1.165, 1.54) is 24.3 Å². The van der Waals surface area contributed by atoms with Crippen LogP contribution in [-0.4, -0.2) is 51.7 Å². The summed E-state index contributed by atoms with van der Waals surface area (Å²) >= 11 is 0. The Hall–Kier alpha value is -1.06. The van der Waals surface area contributed by atoms with Gasteiger partial charge in [0.25, 0.3) is 0 Å². The average Bonchev–Trinajstić information content (AvgIpc) is 2.38. The molecule has 0 saturated carbocycles. The maximum absolute atomic E-state index is 3.23. The molecule has 3 nitrogen and oxygen atoms in total. The first kappa shape index (κ1) is 12.4. The molecule has 1 N–H and O–H groups in total. The van der Waals surface area contributed by atoms with Gasteiger partial charge in [-0.2, -0.15) is 0 Å². The molecule has 1 aromatic carbocycles. The van der Waals surface area contributed by atoms with Gasteiger partial charge in [-0.05, 0) is 38.7 Å². The lowest BCUT2D eigenvalue weighted by Crippen LogP contribution is -2.44. The minimum atomic E-state index is 1.05. The van der Waals surface area contributed by atoms with Crippen LogP contribution in [0.25, 0.3) is 0 Å². The number of para-hydroxylation sites is 1. The number of hydrogen-bond donors (Lipinski definition) is 1. The summed E-state index contributed by atoms with van der Waals surface area (Å²) in [6.45, 7) is 5.67. The maximum Gasteiger partial charge on any atom is 0.0400 e.